The minimum atomic E-state index is -3.61. The lowest BCUT2D eigenvalue weighted by Gasteiger charge is -2.07. The first-order valence-corrected chi connectivity index (χ1v) is 10.4. The summed E-state index contributed by atoms with van der Waals surface area (Å²) >= 11 is 1.09. The van der Waals surface area contributed by atoms with E-state index in [1.807, 2.05) is 13.0 Å². The van der Waals surface area contributed by atoms with E-state index in [4.69, 9.17) is 4.74 Å². The molecule has 0 atom stereocenters. The van der Waals surface area contributed by atoms with Crippen LogP contribution < -0.4 is 10.3 Å². The van der Waals surface area contributed by atoms with Gasteiger partial charge < -0.3 is 4.74 Å². The van der Waals surface area contributed by atoms with E-state index in [0.717, 1.165) is 16.9 Å². The quantitative estimate of drug-likeness (QED) is 0.595. The summed E-state index contributed by atoms with van der Waals surface area (Å²) in [6.45, 7) is 1.64. The zero-order chi connectivity index (χ0) is 19.4. The third-order valence-electron chi connectivity index (χ3n) is 3.62. The maximum absolute atomic E-state index is 12.1. The van der Waals surface area contributed by atoms with Gasteiger partial charge in [-0.05, 0) is 30.0 Å². The summed E-state index contributed by atoms with van der Waals surface area (Å²) in [4.78, 5) is 28.2. The molecule has 0 fully saturated rings. The lowest BCUT2D eigenvalue weighted by Crippen LogP contribution is -2.26. The molecular weight excluding hydrogens is 390 g/mol. The van der Waals surface area contributed by atoms with Crippen molar-refractivity contribution in [2.45, 2.75) is 24.2 Å². The van der Waals surface area contributed by atoms with Crippen molar-refractivity contribution >= 4 is 33.0 Å². The highest BCUT2D eigenvalue weighted by Crippen LogP contribution is 2.15. The van der Waals surface area contributed by atoms with Crippen molar-refractivity contribution in [2.24, 2.45) is 0 Å². The Morgan fingerprint density at radius 1 is 1.33 bits per heavy atom. The Morgan fingerprint density at radius 3 is 2.89 bits per heavy atom. The number of rotatable bonds is 7. The number of sulfonamides is 1. The summed E-state index contributed by atoms with van der Waals surface area (Å²) in [6.07, 6.45) is 1.55. The predicted octanol–water partition coefficient (Wildman–Crippen LogP) is 1.48. The number of pyridine rings is 1. The van der Waals surface area contributed by atoms with Gasteiger partial charge in [0.05, 0.1) is 12.1 Å². The van der Waals surface area contributed by atoms with Crippen molar-refractivity contribution in [3.05, 3.63) is 63.5 Å². The summed E-state index contributed by atoms with van der Waals surface area (Å²) in [6, 6.07) is 7.96. The first-order valence-electron chi connectivity index (χ1n) is 8.03. The molecule has 0 aromatic carbocycles. The van der Waals surface area contributed by atoms with Crippen LogP contribution in [0.15, 0.2) is 50.9 Å². The highest BCUT2D eigenvalue weighted by molar-refractivity contribution is 7.91. The number of hydrogen-bond acceptors (Lipinski definition) is 7. The highest BCUT2D eigenvalue weighted by Gasteiger charge is 2.15. The molecule has 0 spiro atoms. The fourth-order valence-corrected chi connectivity index (χ4v) is 4.40. The molecule has 0 bridgehead atoms. The monoisotopic (exact) mass is 407 g/mol. The lowest BCUT2D eigenvalue weighted by atomic mass is 10.3. The summed E-state index contributed by atoms with van der Waals surface area (Å²) in [5.41, 5.74) is 1.45. The van der Waals surface area contributed by atoms with Crippen molar-refractivity contribution < 1.29 is 17.9 Å². The number of fused-ring (bicyclic) bond motifs is 1. The van der Waals surface area contributed by atoms with Crippen molar-refractivity contribution in [2.75, 3.05) is 6.54 Å². The number of thiophene rings is 1. The second kappa shape index (κ2) is 7.99. The van der Waals surface area contributed by atoms with Gasteiger partial charge in [0.1, 0.15) is 16.5 Å². The van der Waals surface area contributed by atoms with Crippen LogP contribution in [-0.4, -0.2) is 30.3 Å². The Kier molecular flexibility index (Phi) is 5.68. The molecule has 142 valence electrons. The Balaban J connectivity index is 1.54. The number of nitrogens with zero attached hydrogens (tertiary/aromatic N) is 2. The van der Waals surface area contributed by atoms with E-state index in [-0.39, 0.29) is 29.3 Å². The summed E-state index contributed by atoms with van der Waals surface area (Å²) in [7, 11) is -3.61. The fourth-order valence-electron chi connectivity index (χ4n) is 2.33. The zero-order valence-electron chi connectivity index (χ0n) is 14.4. The van der Waals surface area contributed by atoms with Gasteiger partial charge in [0.2, 0.25) is 10.0 Å². The third kappa shape index (κ3) is 4.79. The van der Waals surface area contributed by atoms with E-state index >= 15 is 0 Å². The van der Waals surface area contributed by atoms with Gasteiger partial charge in [0, 0.05) is 18.8 Å². The van der Waals surface area contributed by atoms with Crippen LogP contribution in [0.4, 0.5) is 0 Å². The molecule has 27 heavy (non-hydrogen) atoms. The van der Waals surface area contributed by atoms with E-state index in [2.05, 4.69) is 9.71 Å². The van der Waals surface area contributed by atoms with Gasteiger partial charge >= 0.3 is 5.97 Å². The number of aromatic nitrogens is 2. The minimum absolute atomic E-state index is 0.0772. The Morgan fingerprint density at radius 2 is 2.15 bits per heavy atom. The molecule has 0 aliphatic carbocycles. The van der Waals surface area contributed by atoms with Gasteiger partial charge in [-0.2, -0.15) is 0 Å². The normalized spacial score (nSPS) is 11.6. The molecule has 1 N–H and O–H groups in total. The molecule has 0 amide bonds. The SMILES string of the molecule is Cc1ccc2nc(COC(=O)CCNS(=O)(=O)c3cccs3)cc(=O)n2c1. The number of carbonyl (C=O) groups excluding carboxylic acids is 1. The molecule has 0 saturated carbocycles. The summed E-state index contributed by atoms with van der Waals surface area (Å²) < 4.78 is 32.9. The zero-order valence-corrected chi connectivity index (χ0v) is 16.0. The van der Waals surface area contributed by atoms with Gasteiger partial charge in [0.25, 0.3) is 5.56 Å². The topological polar surface area (TPSA) is 107 Å². The van der Waals surface area contributed by atoms with Gasteiger partial charge in [-0.1, -0.05) is 12.1 Å². The smallest absolute Gasteiger partial charge is 0.307 e. The van der Waals surface area contributed by atoms with Gasteiger partial charge in [0.15, 0.2) is 0 Å². The molecule has 8 nitrogen and oxygen atoms in total. The first kappa shape index (κ1) is 19.2. The van der Waals surface area contributed by atoms with Crippen LogP contribution in [-0.2, 0) is 26.2 Å². The summed E-state index contributed by atoms with van der Waals surface area (Å²) in [5.74, 6) is -0.588. The van der Waals surface area contributed by atoms with Gasteiger partial charge in [-0.15, -0.1) is 11.3 Å². The Labute approximate surface area is 159 Å². The molecule has 3 rings (SSSR count). The molecule has 10 heteroatoms. The van der Waals surface area contributed by atoms with E-state index in [1.54, 1.807) is 23.7 Å². The summed E-state index contributed by atoms with van der Waals surface area (Å²) in [5, 5.41) is 1.66. The van der Waals surface area contributed by atoms with Crippen molar-refractivity contribution in [1.82, 2.24) is 14.1 Å². The molecule has 3 aromatic rings. The van der Waals surface area contributed by atoms with Crippen LogP contribution in [0.3, 0.4) is 0 Å². The molecule has 0 aliphatic heterocycles. The number of ether oxygens (including phenoxy) is 1. The number of hydrogen-bond donors (Lipinski definition) is 1. The van der Waals surface area contributed by atoms with E-state index < -0.39 is 16.0 Å². The number of nitrogens with one attached hydrogen (secondary N) is 1. The highest BCUT2D eigenvalue weighted by atomic mass is 32.2. The van der Waals surface area contributed by atoms with Gasteiger partial charge in [-0.3, -0.25) is 14.0 Å². The predicted molar refractivity (Wildman–Crippen MR) is 100 cm³/mol. The van der Waals surface area contributed by atoms with Crippen molar-refractivity contribution in [1.29, 1.82) is 0 Å². The number of aryl methyl sites for hydroxylation is 1. The first-order chi connectivity index (χ1) is 12.8. The molecule has 0 unspecified atom stereocenters. The minimum Gasteiger partial charge on any atom is -0.459 e. The Hall–Kier alpha value is -2.56. The molecule has 3 heterocycles. The second-order valence-corrected chi connectivity index (χ2v) is 8.70. The second-order valence-electron chi connectivity index (χ2n) is 5.76. The van der Waals surface area contributed by atoms with Gasteiger partial charge in [-0.25, -0.2) is 18.1 Å². The maximum atomic E-state index is 12.1. The number of carbonyl (C=O) groups is 1. The van der Waals surface area contributed by atoms with Crippen LogP contribution in [0.2, 0.25) is 0 Å². The van der Waals surface area contributed by atoms with E-state index in [1.165, 1.54) is 16.5 Å². The molecule has 0 saturated heterocycles. The van der Waals surface area contributed by atoms with Crippen molar-refractivity contribution in [3.8, 4) is 0 Å². The van der Waals surface area contributed by atoms with Crippen LogP contribution in [0, 0.1) is 6.92 Å². The molecule has 3 aromatic heterocycles. The maximum Gasteiger partial charge on any atom is 0.307 e. The van der Waals surface area contributed by atoms with Crippen LogP contribution >= 0.6 is 11.3 Å². The van der Waals surface area contributed by atoms with E-state index in [0.29, 0.717) is 11.3 Å². The van der Waals surface area contributed by atoms with E-state index in [9.17, 15) is 18.0 Å². The van der Waals surface area contributed by atoms with Crippen LogP contribution in [0.1, 0.15) is 17.7 Å². The molecular formula is C17H17N3O5S2. The van der Waals surface area contributed by atoms with Crippen LogP contribution in [0.5, 0.6) is 0 Å². The number of esters is 1. The fraction of sp³-hybridized carbons (Fsp3) is 0.235. The average Bonchev–Trinajstić information content (AvgIpc) is 3.16. The molecule has 0 radical (unpaired) electrons. The lowest BCUT2D eigenvalue weighted by molar-refractivity contribution is -0.144. The Bertz CT molecular complexity index is 1120. The third-order valence-corrected chi connectivity index (χ3v) is 6.48. The van der Waals surface area contributed by atoms with Crippen LogP contribution in [0.25, 0.3) is 5.65 Å². The largest absolute Gasteiger partial charge is 0.459 e. The van der Waals surface area contributed by atoms with Crippen molar-refractivity contribution in [3.63, 3.8) is 0 Å². The molecule has 0 aliphatic rings. The standard InChI is InChI=1S/C17H17N3O5S2/c1-12-4-5-14-19-13(9-15(21)20(14)10-12)11-25-16(22)6-7-18-27(23,24)17-3-2-8-26-17/h2-5,8-10,18H,6-7,11H2,1H3. The average molecular weight is 407 g/mol.